The van der Waals surface area contributed by atoms with Crippen LogP contribution in [0.15, 0.2) is 42.6 Å². The number of hydrogen-bond donors (Lipinski definition) is 1. The van der Waals surface area contributed by atoms with E-state index >= 15 is 0 Å². The van der Waals surface area contributed by atoms with E-state index in [0.717, 1.165) is 11.3 Å². The molecule has 1 aromatic rings. The molecule has 0 heterocycles. The van der Waals surface area contributed by atoms with Crippen molar-refractivity contribution in [2.45, 2.75) is 19.9 Å². The quantitative estimate of drug-likeness (QED) is 0.773. The Morgan fingerprint density at radius 3 is 2.50 bits per heavy atom. The van der Waals surface area contributed by atoms with Crippen LogP contribution in [0.4, 0.5) is 0 Å². The molecule has 1 rings (SSSR count). The minimum absolute atomic E-state index is 0.0393. The Hall–Kier alpha value is -1.77. The summed E-state index contributed by atoms with van der Waals surface area (Å²) >= 11 is 0. The Bertz CT molecular complexity index is 359. The van der Waals surface area contributed by atoms with Crippen LogP contribution < -0.4 is 5.32 Å². The summed E-state index contributed by atoms with van der Waals surface area (Å²) < 4.78 is 5.02. The fourth-order valence-electron chi connectivity index (χ4n) is 1.40. The van der Waals surface area contributed by atoms with E-state index in [0.29, 0.717) is 6.61 Å². The van der Waals surface area contributed by atoms with Crippen LogP contribution in [0, 0.1) is 0 Å². The van der Waals surface area contributed by atoms with Gasteiger partial charge in [0.2, 0.25) is 0 Å². The SMILES string of the molecule is C=C(C)N[C@H](COC(C)=O)c1ccccc1. The highest BCUT2D eigenvalue weighted by atomic mass is 16.5. The third kappa shape index (κ3) is 4.17. The van der Waals surface area contributed by atoms with Crippen molar-refractivity contribution in [2.75, 3.05) is 6.61 Å². The number of ether oxygens (including phenoxy) is 1. The highest BCUT2D eigenvalue weighted by molar-refractivity contribution is 5.65. The lowest BCUT2D eigenvalue weighted by atomic mass is 10.1. The minimum atomic E-state index is -0.274. The van der Waals surface area contributed by atoms with Gasteiger partial charge in [-0.05, 0) is 12.5 Å². The van der Waals surface area contributed by atoms with Crippen molar-refractivity contribution in [2.24, 2.45) is 0 Å². The number of allylic oxidation sites excluding steroid dienone is 1. The Morgan fingerprint density at radius 1 is 1.38 bits per heavy atom. The molecule has 0 saturated carbocycles. The number of esters is 1. The molecular formula is C13H17NO2. The van der Waals surface area contributed by atoms with Crippen molar-refractivity contribution in [3.8, 4) is 0 Å². The normalized spacial score (nSPS) is 11.6. The van der Waals surface area contributed by atoms with Gasteiger partial charge < -0.3 is 10.1 Å². The second-order valence-electron chi connectivity index (χ2n) is 3.69. The zero-order valence-corrected chi connectivity index (χ0v) is 9.69. The van der Waals surface area contributed by atoms with Gasteiger partial charge in [0.25, 0.3) is 0 Å². The van der Waals surface area contributed by atoms with Gasteiger partial charge in [-0.1, -0.05) is 36.9 Å². The molecule has 0 bridgehead atoms. The van der Waals surface area contributed by atoms with Gasteiger partial charge in [0.15, 0.2) is 0 Å². The summed E-state index contributed by atoms with van der Waals surface area (Å²) in [5.74, 6) is -0.274. The Labute approximate surface area is 96.1 Å². The first kappa shape index (κ1) is 12.3. The van der Waals surface area contributed by atoms with E-state index in [1.54, 1.807) is 0 Å². The summed E-state index contributed by atoms with van der Waals surface area (Å²) in [6.07, 6.45) is 0. The van der Waals surface area contributed by atoms with E-state index in [-0.39, 0.29) is 12.0 Å². The molecule has 0 amide bonds. The summed E-state index contributed by atoms with van der Waals surface area (Å²) in [5.41, 5.74) is 1.92. The standard InChI is InChI=1S/C13H17NO2/c1-10(2)14-13(9-16-11(3)15)12-7-5-4-6-8-12/h4-8,13-14H,1,9H2,2-3H3/t13-/m1/s1. The number of nitrogens with one attached hydrogen (secondary N) is 1. The number of carbonyl (C=O) groups excluding carboxylic acids is 1. The maximum absolute atomic E-state index is 10.8. The first-order chi connectivity index (χ1) is 7.59. The molecule has 0 unspecified atom stereocenters. The summed E-state index contributed by atoms with van der Waals surface area (Å²) in [7, 11) is 0. The van der Waals surface area contributed by atoms with Gasteiger partial charge in [-0.15, -0.1) is 0 Å². The van der Waals surface area contributed by atoms with Gasteiger partial charge in [-0.25, -0.2) is 0 Å². The van der Waals surface area contributed by atoms with Crippen molar-refractivity contribution in [3.63, 3.8) is 0 Å². The number of benzene rings is 1. The zero-order valence-electron chi connectivity index (χ0n) is 9.69. The lowest BCUT2D eigenvalue weighted by molar-refractivity contribution is -0.141. The second-order valence-corrected chi connectivity index (χ2v) is 3.69. The van der Waals surface area contributed by atoms with E-state index in [2.05, 4.69) is 11.9 Å². The smallest absolute Gasteiger partial charge is 0.302 e. The van der Waals surface area contributed by atoms with E-state index in [9.17, 15) is 4.79 Å². The fourth-order valence-corrected chi connectivity index (χ4v) is 1.40. The number of rotatable bonds is 5. The highest BCUT2D eigenvalue weighted by Crippen LogP contribution is 2.14. The minimum Gasteiger partial charge on any atom is -0.463 e. The fraction of sp³-hybridized carbons (Fsp3) is 0.308. The van der Waals surface area contributed by atoms with Gasteiger partial charge in [-0.3, -0.25) is 4.79 Å². The van der Waals surface area contributed by atoms with Crippen molar-refractivity contribution < 1.29 is 9.53 Å². The molecule has 1 atom stereocenters. The molecule has 3 nitrogen and oxygen atoms in total. The van der Waals surface area contributed by atoms with E-state index in [1.165, 1.54) is 6.92 Å². The van der Waals surface area contributed by atoms with Crippen LogP contribution in [0.25, 0.3) is 0 Å². The maximum Gasteiger partial charge on any atom is 0.302 e. The van der Waals surface area contributed by atoms with Crippen LogP contribution in [-0.2, 0) is 9.53 Å². The molecule has 0 aliphatic rings. The molecule has 0 aromatic heterocycles. The van der Waals surface area contributed by atoms with Gasteiger partial charge in [0.1, 0.15) is 6.61 Å². The average molecular weight is 219 g/mol. The molecule has 16 heavy (non-hydrogen) atoms. The topological polar surface area (TPSA) is 38.3 Å². The summed E-state index contributed by atoms with van der Waals surface area (Å²) in [5, 5.41) is 3.18. The number of carbonyl (C=O) groups is 1. The average Bonchev–Trinajstić information content (AvgIpc) is 2.25. The van der Waals surface area contributed by atoms with Crippen molar-refractivity contribution in [1.29, 1.82) is 0 Å². The van der Waals surface area contributed by atoms with Crippen molar-refractivity contribution >= 4 is 5.97 Å². The first-order valence-electron chi connectivity index (χ1n) is 5.20. The predicted octanol–water partition coefficient (Wildman–Crippen LogP) is 2.41. The summed E-state index contributed by atoms with van der Waals surface area (Å²) in [6.45, 7) is 7.39. The molecule has 1 N–H and O–H groups in total. The van der Waals surface area contributed by atoms with Gasteiger partial charge in [0.05, 0.1) is 6.04 Å². The van der Waals surface area contributed by atoms with E-state index < -0.39 is 0 Å². The van der Waals surface area contributed by atoms with Crippen LogP contribution in [0.3, 0.4) is 0 Å². The highest BCUT2D eigenvalue weighted by Gasteiger charge is 2.11. The molecule has 0 radical (unpaired) electrons. The van der Waals surface area contributed by atoms with E-state index in [4.69, 9.17) is 4.74 Å². The lowest BCUT2D eigenvalue weighted by Crippen LogP contribution is -2.24. The van der Waals surface area contributed by atoms with E-state index in [1.807, 2.05) is 37.3 Å². The number of hydrogen-bond acceptors (Lipinski definition) is 3. The third-order valence-corrected chi connectivity index (χ3v) is 2.08. The molecule has 0 aliphatic carbocycles. The second kappa shape index (κ2) is 5.95. The predicted molar refractivity (Wildman–Crippen MR) is 63.8 cm³/mol. The molecule has 0 spiro atoms. The van der Waals surface area contributed by atoms with Crippen molar-refractivity contribution in [3.05, 3.63) is 48.2 Å². The lowest BCUT2D eigenvalue weighted by Gasteiger charge is -2.19. The van der Waals surface area contributed by atoms with Crippen LogP contribution in [0.1, 0.15) is 25.5 Å². The largest absolute Gasteiger partial charge is 0.463 e. The summed E-state index contributed by atoms with van der Waals surface area (Å²) in [4.78, 5) is 10.8. The zero-order chi connectivity index (χ0) is 12.0. The Balaban J connectivity index is 2.71. The third-order valence-electron chi connectivity index (χ3n) is 2.08. The van der Waals surface area contributed by atoms with Crippen LogP contribution in [0.2, 0.25) is 0 Å². The molecule has 3 heteroatoms. The molecule has 0 aliphatic heterocycles. The molecule has 0 saturated heterocycles. The van der Waals surface area contributed by atoms with Crippen LogP contribution in [-0.4, -0.2) is 12.6 Å². The Kier molecular flexibility index (Phi) is 4.58. The van der Waals surface area contributed by atoms with Gasteiger partial charge >= 0.3 is 5.97 Å². The first-order valence-corrected chi connectivity index (χ1v) is 5.20. The molecule has 0 fully saturated rings. The maximum atomic E-state index is 10.8. The monoisotopic (exact) mass is 219 g/mol. The molecular weight excluding hydrogens is 202 g/mol. The van der Waals surface area contributed by atoms with Crippen LogP contribution in [0.5, 0.6) is 0 Å². The van der Waals surface area contributed by atoms with Crippen LogP contribution >= 0.6 is 0 Å². The molecule has 1 aromatic carbocycles. The summed E-state index contributed by atoms with van der Waals surface area (Å²) in [6, 6.07) is 9.80. The van der Waals surface area contributed by atoms with Gasteiger partial charge in [-0.2, -0.15) is 0 Å². The van der Waals surface area contributed by atoms with Crippen molar-refractivity contribution in [1.82, 2.24) is 5.32 Å². The Morgan fingerprint density at radius 2 is 2.00 bits per heavy atom. The molecule has 86 valence electrons. The van der Waals surface area contributed by atoms with Gasteiger partial charge in [0, 0.05) is 12.6 Å².